The van der Waals surface area contributed by atoms with Crippen LogP contribution in [0.1, 0.15) is 13.8 Å². The van der Waals surface area contributed by atoms with E-state index >= 15 is 0 Å². The van der Waals surface area contributed by atoms with Gasteiger partial charge in [0.2, 0.25) is 5.91 Å². The zero-order chi connectivity index (χ0) is 15.1. The minimum atomic E-state index is -0.165. The average Bonchev–Trinajstić information content (AvgIpc) is 2.96. The van der Waals surface area contributed by atoms with Gasteiger partial charge in [-0.15, -0.1) is 10.2 Å². The van der Waals surface area contributed by atoms with Gasteiger partial charge in [-0.3, -0.25) is 4.79 Å². The molecule has 0 aliphatic rings. The normalized spacial score (nSPS) is 11.3. The smallest absolute Gasteiger partial charge is 0.248 e. The standard InChI is InChI=1S/C16H18N4O/c1-3-5-6-10-15(21)18-14-9-7-8-13(11-14)16-19-17-12-20(16)4-2/h3,5-12H,4H2,1-2H3,(H,18,21)/b5-3+,10-6+. The number of nitrogens with one attached hydrogen (secondary N) is 1. The molecule has 0 atom stereocenters. The summed E-state index contributed by atoms with van der Waals surface area (Å²) >= 11 is 0. The molecular weight excluding hydrogens is 264 g/mol. The fourth-order valence-corrected chi connectivity index (χ4v) is 1.88. The number of aryl methyl sites for hydroxylation is 1. The van der Waals surface area contributed by atoms with Crippen molar-refractivity contribution in [3.63, 3.8) is 0 Å². The maximum atomic E-state index is 11.7. The minimum Gasteiger partial charge on any atom is -0.322 e. The van der Waals surface area contributed by atoms with E-state index in [1.165, 1.54) is 6.08 Å². The average molecular weight is 282 g/mol. The Morgan fingerprint density at radius 1 is 1.38 bits per heavy atom. The van der Waals surface area contributed by atoms with Crippen molar-refractivity contribution in [2.75, 3.05) is 5.32 Å². The van der Waals surface area contributed by atoms with Crippen LogP contribution in [0.3, 0.4) is 0 Å². The molecule has 1 N–H and O–H groups in total. The van der Waals surface area contributed by atoms with Gasteiger partial charge in [0, 0.05) is 23.9 Å². The summed E-state index contributed by atoms with van der Waals surface area (Å²) in [5.74, 6) is 0.625. The first-order chi connectivity index (χ1) is 10.2. The first-order valence-electron chi connectivity index (χ1n) is 6.83. The summed E-state index contributed by atoms with van der Waals surface area (Å²) in [5, 5.41) is 10.9. The van der Waals surface area contributed by atoms with Crippen LogP contribution in [0.15, 0.2) is 54.9 Å². The Hall–Kier alpha value is -2.69. The second-order valence-corrected chi connectivity index (χ2v) is 4.40. The number of carbonyl (C=O) groups excluding carboxylic acids is 1. The number of nitrogens with zero attached hydrogens (tertiary/aromatic N) is 3. The van der Waals surface area contributed by atoms with Crippen LogP contribution in [-0.4, -0.2) is 20.7 Å². The van der Waals surface area contributed by atoms with Crippen molar-refractivity contribution in [2.24, 2.45) is 0 Å². The number of benzene rings is 1. The molecule has 0 radical (unpaired) electrons. The zero-order valence-electron chi connectivity index (χ0n) is 12.2. The molecule has 5 nitrogen and oxygen atoms in total. The highest BCUT2D eigenvalue weighted by molar-refractivity contribution is 5.99. The molecule has 1 aromatic carbocycles. The van der Waals surface area contributed by atoms with E-state index in [0.717, 1.165) is 23.6 Å². The van der Waals surface area contributed by atoms with E-state index in [9.17, 15) is 4.79 Å². The second kappa shape index (κ2) is 7.19. The highest BCUT2D eigenvalue weighted by Crippen LogP contribution is 2.20. The molecule has 21 heavy (non-hydrogen) atoms. The van der Waals surface area contributed by atoms with Crippen molar-refractivity contribution in [1.29, 1.82) is 0 Å². The molecule has 0 bridgehead atoms. The molecule has 0 saturated heterocycles. The fraction of sp³-hybridized carbons (Fsp3) is 0.188. The topological polar surface area (TPSA) is 59.8 Å². The molecule has 0 aliphatic heterocycles. The lowest BCUT2D eigenvalue weighted by molar-refractivity contribution is -0.111. The van der Waals surface area contributed by atoms with Crippen molar-refractivity contribution in [3.05, 3.63) is 54.9 Å². The summed E-state index contributed by atoms with van der Waals surface area (Å²) in [5.41, 5.74) is 1.65. The summed E-state index contributed by atoms with van der Waals surface area (Å²) in [6, 6.07) is 7.56. The fourth-order valence-electron chi connectivity index (χ4n) is 1.88. The Kier molecular flexibility index (Phi) is 5.04. The summed E-state index contributed by atoms with van der Waals surface area (Å²) in [6.45, 7) is 4.73. The van der Waals surface area contributed by atoms with Gasteiger partial charge in [0.05, 0.1) is 0 Å². The predicted octanol–water partition coefficient (Wildman–Crippen LogP) is 3.04. The Balaban J connectivity index is 2.17. The van der Waals surface area contributed by atoms with E-state index in [0.29, 0.717) is 0 Å². The number of hydrogen-bond donors (Lipinski definition) is 1. The van der Waals surface area contributed by atoms with Crippen LogP contribution in [0.5, 0.6) is 0 Å². The molecule has 1 heterocycles. The van der Waals surface area contributed by atoms with Gasteiger partial charge in [-0.05, 0) is 26.0 Å². The summed E-state index contributed by atoms with van der Waals surface area (Å²) in [4.78, 5) is 11.7. The largest absolute Gasteiger partial charge is 0.322 e. The molecule has 5 heteroatoms. The van der Waals surface area contributed by atoms with Crippen LogP contribution in [-0.2, 0) is 11.3 Å². The van der Waals surface area contributed by atoms with E-state index in [1.54, 1.807) is 18.5 Å². The molecular formula is C16H18N4O. The number of allylic oxidation sites excluding steroid dienone is 3. The highest BCUT2D eigenvalue weighted by atomic mass is 16.1. The summed E-state index contributed by atoms with van der Waals surface area (Å²) in [6.07, 6.45) is 8.55. The van der Waals surface area contributed by atoms with E-state index in [-0.39, 0.29) is 5.91 Å². The van der Waals surface area contributed by atoms with E-state index in [2.05, 4.69) is 15.5 Å². The third kappa shape index (κ3) is 3.89. The van der Waals surface area contributed by atoms with Crippen molar-refractivity contribution < 1.29 is 4.79 Å². The Morgan fingerprint density at radius 3 is 3.00 bits per heavy atom. The van der Waals surface area contributed by atoms with Crippen LogP contribution < -0.4 is 5.32 Å². The van der Waals surface area contributed by atoms with E-state index in [4.69, 9.17) is 0 Å². The van der Waals surface area contributed by atoms with Crippen molar-refractivity contribution in [3.8, 4) is 11.4 Å². The van der Waals surface area contributed by atoms with Crippen molar-refractivity contribution in [1.82, 2.24) is 14.8 Å². The lowest BCUT2D eigenvalue weighted by Gasteiger charge is -2.06. The number of amides is 1. The molecule has 1 amide bonds. The van der Waals surface area contributed by atoms with E-state index in [1.807, 2.05) is 48.8 Å². The zero-order valence-corrected chi connectivity index (χ0v) is 12.2. The number of anilines is 1. The van der Waals surface area contributed by atoms with Crippen LogP contribution in [0.2, 0.25) is 0 Å². The molecule has 0 spiro atoms. The van der Waals surface area contributed by atoms with Gasteiger partial charge in [0.1, 0.15) is 6.33 Å². The SMILES string of the molecule is C/C=C/C=C/C(=O)Nc1cccc(-c2nncn2CC)c1. The van der Waals surface area contributed by atoms with Gasteiger partial charge in [-0.2, -0.15) is 0 Å². The summed E-state index contributed by atoms with van der Waals surface area (Å²) in [7, 11) is 0. The molecule has 0 saturated carbocycles. The molecule has 0 fully saturated rings. The first-order valence-corrected chi connectivity index (χ1v) is 6.83. The van der Waals surface area contributed by atoms with Gasteiger partial charge >= 0.3 is 0 Å². The monoisotopic (exact) mass is 282 g/mol. The van der Waals surface area contributed by atoms with Gasteiger partial charge in [-0.1, -0.05) is 30.4 Å². The number of aromatic nitrogens is 3. The lowest BCUT2D eigenvalue weighted by atomic mass is 10.2. The third-order valence-corrected chi connectivity index (χ3v) is 2.90. The van der Waals surface area contributed by atoms with Gasteiger partial charge < -0.3 is 9.88 Å². The number of rotatable bonds is 5. The first kappa shape index (κ1) is 14.7. The quantitative estimate of drug-likeness (QED) is 0.677. The molecule has 2 aromatic rings. The maximum Gasteiger partial charge on any atom is 0.248 e. The van der Waals surface area contributed by atoms with Crippen molar-refractivity contribution >= 4 is 11.6 Å². The van der Waals surface area contributed by atoms with E-state index < -0.39 is 0 Å². The number of carbonyl (C=O) groups is 1. The van der Waals surface area contributed by atoms with Gasteiger partial charge in [0.25, 0.3) is 0 Å². The second-order valence-electron chi connectivity index (χ2n) is 4.40. The lowest BCUT2D eigenvalue weighted by Crippen LogP contribution is -2.07. The Labute approximate surface area is 124 Å². The van der Waals surface area contributed by atoms with Gasteiger partial charge in [-0.25, -0.2) is 0 Å². The van der Waals surface area contributed by atoms with Gasteiger partial charge in [0.15, 0.2) is 5.82 Å². The van der Waals surface area contributed by atoms with Crippen molar-refractivity contribution in [2.45, 2.75) is 20.4 Å². The molecule has 0 unspecified atom stereocenters. The van der Waals surface area contributed by atoms with Crippen LogP contribution in [0, 0.1) is 0 Å². The predicted molar refractivity (Wildman–Crippen MR) is 83.7 cm³/mol. The van der Waals surface area contributed by atoms with Crippen LogP contribution in [0.4, 0.5) is 5.69 Å². The number of hydrogen-bond acceptors (Lipinski definition) is 3. The summed E-state index contributed by atoms with van der Waals surface area (Å²) < 4.78 is 1.95. The minimum absolute atomic E-state index is 0.165. The molecule has 2 rings (SSSR count). The highest BCUT2D eigenvalue weighted by Gasteiger charge is 2.07. The maximum absolute atomic E-state index is 11.7. The van der Waals surface area contributed by atoms with Crippen LogP contribution in [0.25, 0.3) is 11.4 Å². The third-order valence-electron chi connectivity index (χ3n) is 2.90. The molecule has 108 valence electrons. The Morgan fingerprint density at radius 2 is 2.24 bits per heavy atom. The molecule has 0 aliphatic carbocycles. The molecule has 1 aromatic heterocycles. The van der Waals surface area contributed by atoms with Crippen LogP contribution >= 0.6 is 0 Å². The Bertz CT molecular complexity index is 670.